The summed E-state index contributed by atoms with van der Waals surface area (Å²) in [7, 11) is 1.78. The summed E-state index contributed by atoms with van der Waals surface area (Å²) in [6, 6.07) is 0. The lowest BCUT2D eigenvalue weighted by Gasteiger charge is -2.41. The van der Waals surface area contributed by atoms with Gasteiger partial charge in [-0.05, 0) is 77.0 Å². The zero-order chi connectivity index (χ0) is 39.9. The summed E-state index contributed by atoms with van der Waals surface area (Å²) in [5, 5.41) is 3.52. The molecule has 0 bridgehead atoms. The highest BCUT2D eigenvalue weighted by Gasteiger charge is 2.36. The molecule has 1 amide bonds. The van der Waals surface area contributed by atoms with Gasteiger partial charge in [0.05, 0.1) is 17.8 Å². The molecule has 0 aromatic carbocycles. The molecule has 0 radical (unpaired) electrons. The van der Waals surface area contributed by atoms with Crippen molar-refractivity contribution in [1.82, 2.24) is 5.32 Å². The van der Waals surface area contributed by atoms with Crippen LogP contribution in [-0.4, -0.2) is 37.4 Å². The van der Waals surface area contributed by atoms with E-state index in [1.807, 2.05) is 0 Å². The molecular weight excluding hydrogens is 651 g/mol. The van der Waals surface area contributed by atoms with Crippen LogP contribution < -0.4 is 5.32 Å². The van der Waals surface area contributed by atoms with Gasteiger partial charge in [-0.3, -0.25) is 4.79 Å². The van der Waals surface area contributed by atoms with Gasteiger partial charge in [-0.1, -0.05) is 196 Å². The Morgan fingerprint density at radius 3 is 1.26 bits per heavy atom. The second-order valence-corrected chi connectivity index (χ2v) is 19.8. The van der Waals surface area contributed by atoms with Crippen LogP contribution in [0.4, 0.5) is 0 Å². The van der Waals surface area contributed by atoms with Gasteiger partial charge in [0.1, 0.15) is 0 Å². The number of unbranched alkanes of at least 4 members (excludes halogenated alkanes) is 22. The molecule has 0 saturated heterocycles. The first-order chi connectivity index (χ1) is 25.1. The Bertz CT molecular complexity index is 808. The third-order valence-electron chi connectivity index (χ3n) is 12.3. The largest absolute Gasteiger partial charge is 0.379 e. The van der Waals surface area contributed by atoms with Gasteiger partial charge < -0.3 is 14.8 Å². The van der Waals surface area contributed by atoms with Crippen LogP contribution in [0.3, 0.4) is 0 Å². The van der Waals surface area contributed by atoms with E-state index in [0.717, 1.165) is 45.1 Å². The van der Waals surface area contributed by atoms with Gasteiger partial charge >= 0.3 is 0 Å². The Morgan fingerprint density at radius 1 is 0.528 bits per heavy atom. The predicted molar refractivity (Wildman–Crippen MR) is 235 cm³/mol. The zero-order valence-electron chi connectivity index (χ0n) is 38.4. The summed E-state index contributed by atoms with van der Waals surface area (Å²) in [6.45, 7) is 24.2. The molecule has 0 fully saturated rings. The van der Waals surface area contributed by atoms with Crippen molar-refractivity contribution in [3.63, 3.8) is 0 Å². The number of carbonyl (C=O) groups is 1. The number of nitrogens with one attached hydrogen (secondary N) is 1. The first-order valence-corrected chi connectivity index (χ1v) is 23.6. The van der Waals surface area contributed by atoms with E-state index in [2.05, 4.69) is 74.6 Å². The Hall–Kier alpha value is -0.610. The average Bonchev–Trinajstić information content (AvgIpc) is 3.09. The molecule has 318 valence electrons. The highest BCUT2D eigenvalue weighted by molar-refractivity contribution is 5.78. The van der Waals surface area contributed by atoms with Crippen molar-refractivity contribution in [2.75, 3.05) is 20.3 Å². The van der Waals surface area contributed by atoms with Gasteiger partial charge in [0, 0.05) is 19.6 Å². The number of rotatable bonds is 39. The first kappa shape index (κ1) is 52.4. The number of carbonyl (C=O) groups excluding carboxylic acids is 1. The molecule has 53 heavy (non-hydrogen) atoms. The molecule has 0 spiro atoms. The summed E-state index contributed by atoms with van der Waals surface area (Å²) in [4.78, 5) is 13.8. The molecule has 0 saturated carbocycles. The maximum absolute atomic E-state index is 13.8. The lowest BCUT2D eigenvalue weighted by molar-refractivity contribution is -0.126. The van der Waals surface area contributed by atoms with Crippen LogP contribution in [0.15, 0.2) is 0 Å². The fraction of sp³-hybridized carbons (Fsp3) is 0.980. The van der Waals surface area contributed by atoms with Crippen LogP contribution in [0.25, 0.3) is 0 Å². The molecule has 1 unspecified atom stereocenters. The number of hydrogen-bond acceptors (Lipinski definition) is 3. The molecule has 4 heteroatoms. The van der Waals surface area contributed by atoms with Crippen molar-refractivity contribution in [3.05, 3.63) is 0 Å². The molecule has 1 atom stereocenters. The van der Waals surface area contributed by atoms with Gasteiger partial charge in [-0.25, -0.2) is 0 Å². The quantitative estimate of drug-likeness (QED) is 0.0637. The fourth-order valence-electron chi connectivity index (χ4n) is 8.72. The van der Waals surface area contributed by atoms with Crippen molar-refractivity contribution in [2.24, 2.45) is 16.7 Å². The third kappa shape index (κ3) is 31.2. The van der Waals surface area contributed by atoms with Crippen LogP contribution in [0.5, 0.6) is 0 Å². The maximum Gasteiger partial charge on any atom is 0.223 e. The summed E-state index contributed by atoms with van der Waals surface area (Å²) in [5.41, 5.74) is -0.218. The Morgan fingerprint density at radius 2 is 0.906 bits per heavy atom. The van der Waals surface area contributed by atoms with Crippen molar-refractivity contribution < 1.29 is 14.3 Å². The summed E-state index contributed by atoms with van der Waals surface area (Å²) < 4.78 is 12.0. The molecule has 0 aliphatic heterocycles. The molecule has 0 aromatic rings. The van der Waals surface area contributed by atoms with E-state index in [9.17, 15) is 4.79 Å². The van der Waals surface area contributed by atoms with Crippen LogP contribution in [0, 0.1) is 16.7 Å². The molecule has 0 aliphatic rings. The fourth-order valence-corrected chi connectivity index (χ4v) is 8.72. The first-order valence-electron chi connectivity index (χ1n) is 23.6. The number of methoxy groups -OCH3 is 1. The van der Waals surface area contributed by atoms with Gasteiger partial charge in [0.2, 0.25) is 5.91 Å². The van der Waals surface area contributed by atoms with Crippen LogP contribution in [0.2, 0.25) is 0 Å². The highest BCUT2D eigenvalue weighted by atomic mass is 16.5. The highest BCUT2D eigenvalue weighted by Crippen LogP contribution is 2.42. The van der Waals surface area contributed by atoms with Crippen molar-refractivity contribution >= 4 is 5.91 Å². The van der Waals surface area contributed by atoms with E-state index >= 15 is 0 Å². The SMILES string of the molecule is CCCCCCCCCCCCCCC(CCCCCCCCCCCCCC)C(=O)NCC(C)(CC)CC(C)(C)CC(C)(C)OCCC(C)(C)OC. The summed E-state index contributed by atoms with van der Waals surface area (Å²) in [5.74, 6) is 0.483. The van der Waals surface area contributed by atoms with Gasteiger partial charge in [-0.15, -0.1) is 0 Å². The predicted octanol–water partition coefficient (Wildman–Crippen LogP) is 15.7. The molecule has 4 nitrogen and oxygen atoms in total. The minimum atomic E-state index is -0.210. The minimum Gasteiger partial charge on any atom is -0.379 e. The topological polar surface area (TPSA) is 47.6 Å². The second kappa shape index (κ2) is 31.5. The Kier molecular flexibility index (Phi) is 31.1. The van der Waals surface area contributed by atoms with E-state index < -0.39 is 0 Å². The van der Waals surface area contributed by atoms with Crippen molar-refractivity contribution in [2.45, 2.75) is 273 Å². The number of amides is 1. The molecule has 0 rings (SSSR count). The van der Waals surface area contributed by atoms with E-state index in [4.69, 9.17) is 9.47 Å². The number of hydrogen-bond donors (Lipinski definition) is 1. The molecule has 0 aromatic heterocycles. The molecule has 0 heterocycles. The monoisotopic (exact) mass is 750 g/mol. The van der Waals surface area contributed by atoms with E-state index in [0.29, 0.717) is 12.5 Å². The zero-order valence-corrected chi connectivity index (χ0v) is 38.4. The van der Waals surface area contributed by atoms with Crippen LogP contribution in [-0.2, 0) is 14.3 Å². The third-order valence-corrected chi connectivity index (χ3v) is 12.3. The summed E-state index contributed by atoms with van der Waals surface area (Å²) in [6.07, 6.45) is 38.8. The summed E-state index contributed by atoms with van der Waals surface area (Å²) >= 11 is 0. The molecule has 0 aliphatic carbocycles. The number of ether oxygens (including phenoxy) is 2. The lowest BCUT2D eigenvalue weighted by atomic mass is 9.68. The smallest absolute Gasteiger partial charge is 0.223 e. The van der Waals surface area contributed by atoms with E-state index in [-0.39, 0.29) is 27.9 Å². The van der Waals surface area contributed by atoms with Gasteiger partial charge in [0.25, 0.3) is 0 Å². The lowest BCUT2D eigenvalue weighted by Crippen LogP contribution is -2.42. The molecular formula is C49H99NO3. The standard InChI is InChI=1S/C49H99NO3/c1-12-15-17-19-21-23-25-27-29-31-33-35-37-44(38-36-34-32-30-28-26-24-22-20-18-16-13-2)45(51)50-43-49(10,14-3)42-46(4,5)41-48(8,9)53-40-39-47(6,7)52-11/h44H,12-43H2,1-11H3,(H,50,51). The Balaban J connectivity index is 4.92. The van der Waals surface area contributed by atoms with Crippen molar-refractivity contribution in [3.8, 4) is 0 Å². The van der Waals surface area contributed by atoms with E-state index in [1.165, 1.54) is 154 Å². The van der Waals surface area contributed by atoms with Crippen LogP contribution in [0.1, 0.15) is 262 Å². The maximum atomic E-state index is 13.8. The normalized spacial score (nSPS) is 13.9. The van der Waals surface area contributed by atoms with Gasteiger partial charge in [-0.2, -0.15) is 0 Å². The second-order valence-electron chi connectivity index (χ2n) is 19.8. The Labute approximate surface area is 334 Å². The van der Waals surface area contributed by atoms with E-state index in [1.54, 1.807) is 7.11 Å². The average molecular weight is 750 g/mol. The molecule has 1 N–H and O–H groups in total. The van der Waals surface area contributed by atoms with Crippen molar-refractivity contribution in [1.29, 1.82) is 0 Å². The van der Waals surface area contributed by atoms with Crippen LogP contribution >= 0.6 is 0 Å². The van der Waals surface area contributed by atoms with Gasteiger partial charge in [0.15, 0.2) is 0 Å². The minimum absolute atomic E-state index is 0.0594.